The summed E-state index contributed by atoms with van der Waals surface area (Å²) >= 11 is 1.55. The number of likely N-dealkylation sites (N-methyl/N-ethyl adjacent to an activating group) is 1. The minimum Gasteiger partial charge on any atom is -0.354 e. The molecule has 0 saturated carbocycles. The van der Waals surface area contributed by atoms with E-state index in [-0.39, 0.29) is 17.9 Å². The Morgan fingerprint density at radius 1 is 1.15 bits per heavy atom. The van der Waals surface area contributed by atoms with Crippen molar-refractivity contribution in [1.82, 2.24) is 15.1 Å². The van der Waals surface area contributed by atoms with E-state index in [0.717, 1.165) is 36.4 Å². The van der Waals surface area contributed by atoms with E-state index in [2.05, 4.69) is 28.4 Å². The normalized spacial score (nSPS) is 19.6. The van der Waals surface area contributed by atoms with E-state index >= 15 is 0 Å². The van der Waals surface area contributed by atoms with Crippen molar-refractivity contribution < 1.29 is 9.59 Å². The fraction of sp³-hybridized carbons (Fsp3) is 0.400. The molecule has 4 rings (SSSR count). The van der Waals surface area contributed by atoms with Crippen molar-refractivity contribution in [2.24, 2.45) is 0 Å². The van der Waals surface area contributed by atoms with Gasteiger partial charge in [0.05, 0.1) is 10.9 Å². The largest absolute Gasteiger partial charge is 0.354 e. The van der Waals surface area contributed by atoms with Crippen LogP contribution < -0.4 is 5.32 Å². The lowest BCUT2D eigenvalue weighted by Gasteiger charge is -2.37. The van der Waals surface area contributed by atoms with Crippen LogP contribution in [-0.2, 0) is 30.7 Å². The summed E-state index contributed by atoms with van der Waals surface area (Å²) in [6.07, 6.45) is 1.59. The first-order chi connectivity index (χ1) is 12.6. The van der Waals surface area contributed by atoms with E-state index in [4.69, 9.17) is 0 Å². The zero-order valence-corrected chi connectivity index (χ0v) is 15.9. The molecule has 1 atom stereocenters. The highest BCUT2D eigenvalue weighted by atomic mass is 32.1. The average Bonchev–Trinajstić information content (AvgIpc) is 3.09. The summed E-state index contributed by atoms with van der Waals surface area (Å²) in [7, 11) is 3.68. The molecule has 1 aromatic heterocycles. The highest BCUT2D eigenvalue weighted by Gasteiger charge is 2.34. The predicted octanol–water partition coefficient (Wildman–Crippen LogP) is 2.05. The van der Waals surface area contributed by atoms with E-state index in [1.807, 2.05) is 24.1 Å². The molecule has 3 heterocycles. The second-order valence-corrected chi connectivity index (χ2v) is 8.19. The molecule has 2 amide bonds. The lowest BCUT2D eigenvalue weighted by atomic mass is 9.93. The van der Waals surface area contributed by atoms with E-state index < -0.39 is 0 Å². The van der Waals surface area contributed by atoms with Crippen molar-refractivity contribution in [1.29, 1.82) is 0 Å². The Morgan fingerprint density at radius 2 is 1.92 bits per heavy atom. The molecule has 1 N–H and O–H groups in total. The van der Waals surface area contributed by atoms with Crippen LogP contribution in [0.25, 0.3) is 0 Å². The molecular formula is C20H23N3O2S. The van der Waals surface area contributed by atoms with Crippen molar-refractivity contribution in [2.45, 2.75) is 32.0 Å². The molecule has 0 saturated heterocycles. The molecular weight excluding hydrogens is 346 g/mol. The van der Waals surface area contributed by atoms with Gasteiger partial charge in [0.2, 0.25) is 5.91 Å². The quantitative estimate of drug-likeness (QED) is 0.882. The topological polar surface area (TPSA) is 52.7 Å². The van der Waals surface area contributed by atoms with Gasteiger partial charge in [-0.25, -0.2) is 0 Å². The predicted molar refractivity (Wildman–Crippen MR) is 102 cm³/mol. The number of nitrogens with zero attached hydrogens (tertiary/aromatic N) is 2. The monoisotopic (exact) mass is 369 g/mol. The molecule has 0 aliphatic carbocycles. The summed E-state index contributed by atoms with van der Waals surface area (Å²) in [5, 5.41) is 2.68. The number of carbonyl (C=O) groups is 2. The molecule has 5 nitrogen and oxygen atoms in total. The highest BCUT2D eigenvalue weighted by molar-refractivity contribution is 7.14. The van der Waals surface area contributed by atoms with Gasteiger partial charge in [0.25, 0.3) is 5.91 Å². The number of thiophene rings is 1. The summed E-state index contributed by atoms with van der Waals surface area (Å²) in [5.74, 6) is 0.145. The molecule has 1 aromatic carbocycles. The number of hydrogen-bond acceptors (Lipinski definition) is 4. The number of rotatable bonds is 2. The summed E-state index contributed by atoms with van der Waals surface area (Å²) < 4.78 is 0. The van der Waals surface area contributed by atoms with Gasteiger partial charge in [0.1, 0.15) is 0 Å². The third-order valence-electron chi connectivity index (χ3n) is 5.40. The van der Waals surface area contributed by atoms with Crippen molar-refractivity contribution in [2.75, 3.05) is 20.6 Å². The lowest BCUT2D eigenvalue weighted by Crippen LogP contribution is -2.51. The summed E-state index contributed by atoms with van der Waals surface area (Å²) in [6.45, 7) is 2.14. The van der Waals surface area contributed by atoms with Crippen molar-refractivity contribution in [3.8, 4) is 0 Å². The molecule has 2 aromatic rings. The second-order valence-electron chi connectivity index (χ2n) is 7.05. The van der Waals surface area contributed by atoms with Crippen LogP contribution in [-0.4, -0.2) is 48.3 Å². The minimum absolute atomic E-state index is 0.0501. The lowest BCUT2D eigenvalue weighted by molar-refractivity contribution is -0.138. The van der Waals surface area contributed by atoms with Crippen LogP contribution in [0.5, 0.6) is 0 Å². The van der Waals surface area contributed by atoms with Gasteiger partial charge in [-0.1, -0.05) is 24.3 Å². The number of hydrogen-bond donors (Lipinski definition) is 1. The maximum Gasteiger partial charge on any atom is 0.261 e. The number of nitrogens with one attached hydrogen (secondary N) is 1. The van der Waals surface area contributed by atoms with Crippen molar-refractivity contribution >= 4 is 23.2 Å². The van der Waals surface area contributed by atoms with Crippen LogP contribution in [0.1, 0.15) is 31.2 Å². The number of amides is 2. The third kappa shape index (κ3) is 3.04. The molecule has 0 radical (unpaired) electrons. The number of fused-ring (bicyclic) bond motifs is 2. The summed E-state index contributed by atoms with van der Waals surface area (Å²) in [4.78, 5) is 31.1. The van der Waals surface area contributed by atoms with Crippen molar-refractivity contribution in [3.05, 3.63) is 56.8 Å². The Balaban J connectivity index is 1.51. The molecule has 26 heavy (non-hydrogen) atoms. The van der Waals surface area contributed by atoms with Crippen molar-refractivity contribution in [3.63, 3.8) is 0 Å². The fourth-order valence-electron chi connectivity index (χ4n) is 3.90. The Labute approximate surface area is 157 Å². The Hall–Kier alpha value is -2.18. The van der Waals surface area contributed by atoms with Gasteiger partial charge in [-0.3, -0.25) is 14.5 Å². The first-order valence-corrected chi connectivity index (χ1v) is 9.78. The number of carbonyl (C=O) groups excluding carboxylic acids is 2. The zero-order valence-electron chi connectivity index (χ0n) is 15.1. The molecule has 136 valence electrons. The van der Waals surface area contributed by atoms with E-state index in [1.54, 1.807) is 18.4 Å². The van der Waals surface area contributed by atoms with Gasteiger partial charge in [0, 0.05) is 31.6 Å². The maximum absolute atomic E-state index is 13.2. The molecule has 2 aliphatic heterocycles. The first-order valence-electron chi connectivity index (χ1n) is 8.96. The van der Waals surface area contributed by atoms with Gasteiger partial charge in [0.15, 0.2) is 0 Å². The fourth-order valence-corrected chi connectivity index (χ4v) is 5.01. The zero-order chi connectivity index (χ0) is 18.3. The van der Waals surface area contributed by atoms with E-state index in [1.165, 1.54) is 16.0 Å². The Morgan fingerprint density at radius 3 is 2.69 bits per heavy atom. The van der Waals surface area contributed by atoms with Gasteiger partial charge in [-0.15, -0.1) is 11.3 Å². The molecule has 0 fully saturated rings. The highest BCUT2D eigenvalue weighted by Crippen LogP contribution is 2.30. The minimum atomic E-state index is -0.108. The molecule has 0 unspecified atom stereocenters. The van der Waals surface area contributed by atoms with E-state index in [0.29, 0.717) is 6.54 Å². The summed E-state index contributed by atoms with van der Waals surface area (Å²) in [6, 6.07) is 10.2. The Bertz CT molecular complexity index is 860. The first kappa shape index (κ1) is 17.2. The smallest absolute Gasteiger partial charge is 0.261 e. The van der Waals surface area contributed by atoms with Crippen LogP contribution in [0, 0.1) is 0 Å². The molecule has 0 bridgehead atoms. The molecule has 0 spiro atoms. The van der Waals surface area contributed by atoms with Gasteiger partial charge >= 0.3 is 0 Å². The van der Waals surface area contributed by atoms with Gasteiger partial charge < -0.3 is 10.2 Å². The van der Waals surface area contributed by atoms with Crippen LogP contribution in [0.3, 0.4) is 0 Å². The van der Waals surface area contributed by atoms with Gasteiger partial charge in [-0.2, -0.15) is 0 Å². The third-order valence-corrected chi connectivity index (χ3v) is 6.63. The number of benzene rings is 1. The molecule has 6 heteroatoms. The molecule has 2 aliphatic rings. The maximum atomic E-state index is 13.2. The SMILES string of the molecule is CNC(=O)c1cc2c(s1)CCN(C(=O)[C@H]1Cc3ccccc3CN1C)C2. The summed E-state index contributed by atoms with van der Waals surface area (Å²) in [5.41, 5.74) is 3.71. The standard InChI is InChI=1S/C20H23N3O2S/c1-21-19(24)18-10-15-12-23(8-7-17(15)26-18)20(25)16-9-13-5-3-4-6-14(13)11-22(16)2/h3-6,10,16H,7-9,11-12H2,1-2H3,(H,21,24)/t16-/m1/s1. The van der Waals surface area contributed by atoms with Crippen LogP contribution in [0.4, 0.5) is 0 Å². The average molecular weight is 369 g/mol. The Kier molecular flexibility index (Phi) is 4.54. The van der Waals surface area contributed by atoms with E-state index in [9.17, 15) is 9.59 Å². The second kappa shape index (κ2) is 6.85. The van der Waals surface area contributed by atoms with Crippen LogP contribution in [0.2, 0.25) is 0 Å². The van der Waals surface area contributed by atoms with Crippen LogP contribution in [0.15, 0.2) is 30.3 Å². The van der Waals surface area contributed by atoms with Crippen LogP contribution >= 0.6 is 11.3 Å². The van der Waals surface area contributed by atoms with Gasteiger partial charge in [-0.05, 0) is 42.6 Å².